The summed E-state index contributed by atoms with van der Waals surface area (Å²) in [7, 11) is 0. The Labute approximate surface area is 172 Å². The van der Waals surface area contributed by atoms with E-state index in [2.05, 4.69) is 17.5 Å². The van der Waals surface area contributed by atoms with E-state index in [1.807, 2.05) is 42.5 Å². The fraction of sp³-hybridized carbons (Fsp3) is 0.174. The topological polar surface area (TPSA) is 109 Å². The first-order chi connectivity index (χ1) is 14.6. The molecule has 0 saturated carbocycles. The number of carbonyl (C=O) groups is 1. The van der Waals surface area contributed by atoms with Crippen LogP contribution in [0, 0.1) is 22.7 Å². The summed E-state index contributed by atoms with van der Waals surface area (Å²) >= 11 is 0. The van der Waals surface area contributed by atoms with Crippen molar-refractivity contribution in [2.45, 2.75) is 18.3 Å². The van der Waals surface area contributed by atoms with Crippen LogP contribution in [-0.4, -0.2) is 12.5 Å². The van der Waals surface area contributed by atoms with Gasteiger partial charge in [-0.2, -0.15) is 10.5 Å². The molecule has 0 unspecified atom stereocenters. The van der Waals surface area contributed by atoms with E-state index < -0.39 is 5.41 Å². The van der Waals surface area contributed by atoms with Gasteiger partial charge in [-0.25, -0.2) is 0 Å². The lowest BCUT2D eigenvalue weighted by atomic mass is 9.68. The van der Waals surface area contributed by atoms with Crippen LogP contribution in [0.2, 0.25) is 0 Å². The summed E-state index contributed by atoms with van der Waals surface area (Å²) in [4.78, 5) is 17.4. The van der Waals surface area contributed by atoms with Crippen LogP contribution in [0.5, 0.6) is 0 Å². The molecule has 0 saturated heterocycles. The molecule has 4 heterocycles. The minimum absolute atomic E-state index is 0.106. The average molecular weight is 392 g/mol. The first-order valence-electron chi connectivity index (χ1n) is 9.80. The molecular formula is C23H16N6O. The number of carbonyl (C=O) groups excluding carboxylic acids is 1. The second kappa shape index (κ2) is 5.43. The predicted molar refractivity (Wildman–Crippen MR) is 111 cm³/mol. The molecule has 1 spiro atoms. The third-order valence-corrected chi connectivity index (χ3v) is 6.52. The van der Waals surface area contributed by atoms with Gasteiger partial charge >= 0.3 is 0 Å². The number of aryl methyl sites for hydroxylation is 1. The Morgan fingerprint density at radius 3 is 2.67 bits per heavy atom. The Balaban J connectivity index is 1.74. The Morgan fingerprint density at radius 1 is 1.07 bits per heavy atom. The van der Waals surface area contributed by atoms with Gasteiger partial charge in [0.2, 0.25) is 5.91 Å². The molecule has 3 N–H and O–H groups in total. The predicted octanol–water partition coefficient (Wildman–Crippen LogP) is 2.59. The summed E-state index contributed by atoms with van der Waals surface area (Å²) < 4.78 is 0. The number of rotatable bonds is 0. The van der Waals surface area contributed by atoms with E-state index in [1.54, 1.807) is 9.80 Å². The normalized spacial score (nSPS) is 23.1. The molecule has 1 atom stereocenters. The van der Waals surface area contributed by atoms with Crippen molar-refractivity contribution in [1.29, 1.82) is 10.5 Å². The van der Waals surface area contributed by atoms with Crippen molar-refractivity contribution in [3.05, 3.63) is 76.4 Å². The van der Waals surface area contributed by atoms with Crippen LogP contribution in [0.4, 0.5) is 17.1 Å². The van der Waals surface area contributed by atoms with E-state index in [9.17, 15) is 15.3 Å². The number of hydrogen-bond donors (Lipinski definition) is 2. The molecule has 0 radical (unpaired) electrons. The second-order valence-corrected chi connectivity index (χ2v) is 7.81. The number of nitrogens with one attached hydrogen (secondary N) is 1. The first kappa shape index (κ1) is 16.7. The molecule has 6 rings (SSSR count). The van der Waals surface area contributed by atoms with Gasteiger partial charge in [0.05, 0.1) is 28.2 Å². The SMILES string of the molecule is N#CC1=C(N)N2C(=C(C#N)[C@]13C(=O)N1CCCc4cccc3c41)Nc1ccccc12. The molecule has 30 heavy (non-hydrogen) atoms. The highest BCUT2D eigenvalue weighted by molar-refractivity contribution is 6.16. The quantitative estimate of drug-likeness (QED) is 0.713. The van der Waals surface area contributed by atoms with Gasteiger partial charge in [0.15, 0.2) is 5.41 Å². The number of nitrogens with two attached hydrogens (primary N) is 1. The minimum Gasteiger partial charge on any atom is -0.384 e. The summed E-state index contributed by atoms with van der Waals surface area (Å²) in [5, 5.41) is 23.8. The number of anilines is 3. The summed E-state index contributed by atoms with van der Waals surface area (Å²) in [6.45, 7) is 0.564. The van der Waals surface area contributed by atoms with Crippen molar-refractivity contribution in [2.24, 2.45) is 5.73 Å². The summed E-state index contributed by atoms with van der Waals surface area (Å²) in [5.41, 5.74) is 9.42. The van der Waals surface area contributed by atoms with Gasteiger partial charge < -0.3 is 16.0 Å². The molecule has 0 aromatic heterocycles. The molecule has 4 aliphatic rings. The van der Waals surface area contributed by atoms with Crippen molar-refractivity contribution >= 4 is 23.0 Å². The summed E-state index contributed by atoms with van der Waals surface area (Å²) in [6.07, 6.45) is 1.70. The molecule has 7 heteroatoms. The largest absolute Gasteiger partial charge is 0.384 e. The highest BCUT2D eigenvalue weighted by Gasteiger charge is 2.62. The van der Waals surface area contributed by atoms with Crippen LogP contribution >= 0.6 is 0 Å². The Bertz CT molecular complexity index is 1320. The molecule has 4 aliphatic heterocycles. The highest BCUT2D eigenvalue weighted by Crippen LogP contribution is 2.57. The standard InChI is InChI=1S/C23H16N6O/c24-11-15-20(26)29-18-9-2-1-8-17(18)27-21(29)16(12-25)23(15)14-7-3-5-13-6-4-10-28(19(13)14)22(23)30/h1-3,5,7-9,27H,4,6,10,26H2/t23-/m1/s1. The number of amides is 1. The number of hydrogen-bond acceptors (Lipinski definition) is 6. The zero-order valence-corrected chi connectivity index (χ0v) is 15.9. The maximum absolute atomic E-state index is 14.0. The highest BCUT2D eigenvalue weighted by atomic mass is 16.2. The lowest BCUT2D eigenvalue weighted by Gasteiger charge is -2.37. The third kappa shape index (κ3) is 1.64. The Morgan fingerprint density at radius 2 is 1.87 bits per heavy atom. The maximum Gasteiger partial charge on any atom is 0.248 e. The fourth-order valence-electron chi connectivity index (χ4n) is 5.34. The van der Waals surface area contributed by atoms with Gasteiger partial charge in [0.25, 0.3) is 0 Å². The smallest absolute Gasteiger partial charge is 0.248 e. The number of nitriles is 2. The molecule has 7 nitrogen and oxygen atoms in total. The number of para-hydroxylation sites is 3. The van der Waals surface area contributed by atoms with Crippen LogP contribution in [-0.2, 0) is 16.6 Å². The van der Waals surface area contributed by atoms with Crippen LogP contribution in [0.25, 0.3) is 0 Å². The van der Waals surface area contributed by atoms with E-state index in [4.69, 9.17) is 5.73 Å². The van der Waals surface area contributed by atoms with Crippen molar-refractivity contribution in [3.8, 4) is 12.1 Å². The van der Waals surface area contributed by atoms with Gasteiger partial charge in [-0.1, -0.05) is 30.3 Å². The van der Waals surface area contributed by atoms with Crippen LogP contribution in [0.3, 0.4) is 0 Å². The zero-order valence-electron chi connectivity index (χ0n) is 15.9. The van der Waals surface area contributed by atoms with E-state index in [-0.39, 0.29) is 22.9 Å². The van der Waals surface area contributed by atoms with Gasteiger partial charge in [0.1, 0.15) is 23.8 Å². The van der Waals surface area contributed by atoms with Crippen LogP contribution in [0.15, 0.2) is 65.3 Å². The Kier molecular flexibility index (Phi) is 3.02. The maximum atomic E-state index is 14.0. The number of benzene rings is 2. The van der Waals surface area contributed by atoms with Crippen LogP contribution < -0.4 is 20.9 Å². The van der Waals surface area contributed by atoms with E-state index in [0.29, 0.717) is 17.9 Å². The molecule has 0 aliphatic carbocycles. The van der Waals surface area contributed by atoms with Crippen molar-refractivity contribution in [2.75, 3.05) is 21.7 Å². The van der Waals surface area contributed by atoms with Crippen molar-refractivity contribution in [1.82, 2.24) is 0 Å². The second-order valence-electron chi connectivity index (χ2n) is 7.81. The van der Waals surface area contributed by atoms with Gasteiger partial charge in [-0.15, -0.1) is 0 Å². The van der Waals surface area contributed by atoms with Gasteiger partial charge in [0, 0.05) is 12.1 Å². The van der Waals surface area contributed by atoms with E-state index in [1.165, 1.54) is 0 Å². The minimum atomic E-state index is -1.52. The zero-order chi connectivity index (χ0) is 20.6. The first-order valence-corrected chi connectivity index (χ1v) is 9.80. The number of fused-ring (bicyclic) bond motifs is 4. The molecule has 0 fully saturated rings. The summed E-state index contributed by atoms with van der Waals surface area (Å²) in [5.74, 6) is 0.348. The summed E-state index contributed by atoms with van der Waals surface area (Å²) in [6, 6.07) is 17.7. The van der Waals surface area contributed by atoms with Crippen molar-refractivity contribution in [3.63, 3.8) is 0 Å². The third-order valence-electron chi connectivity index (χ3n) is 6.52. The van der Waals surface area contributed by atoms with Crippen molar-refractivity contribution < 1.29 is 4.79 Å². The molecule has 1 amide bonds. The fourth-order valence-corrected chi connectivity index (χ4v) is 5.34. The molecule has 144 valence electrons. The monoisotopic (exact) mass is 392 g/mol. The molecule has 2 aromatic rings. The molecule has 0 bridgehead atoms. The number of nitrogens with zero attached hydrogens (tertiary/aromatic N) is 4. The van der Waals surface area contributed by atoms with Crippen LogP contribution in [0.1, 0.15) is 17.5 Å². The molecular weight excluding hydrogens is 376 g/mol. The van der Waals surface area contributed by atoms with E-state index in [0.717, 1.165) is 35.5 Å². The lowest BCUT2D eigenvalue weighted by Crippen LogP contribution is -2.50. The van der Waals surface area contributed by atoms with Gasteiger partial charge in [-0.05, 0) is 30.5 Å². The van der Waals surface area contributed by atoms with E-state index >= 15 is 0 Å². The van der Waals surface area contributed by atoms with Gasteiger partial charge in [-0.3, -0.25) is 9.69 Å². The lowest BCUT2D eigenvalue weighted by molar-refractivity contribution is -0.120. The Hall–Kier alpha value is -4.23. The average Bonchev–Trinajstić information content (AvgIpc) is 3.27. The molecule has 2 aromatic carbocycles.